The largest absolute Gasteiger partial charge is 0.378 e. The number of hydrogen-bond donors (Lipinski definition) is 5. The minimum Gasteiger partial charge on any atom is -0.378 e. The summed E-state index contributed by atoms with van der Waals surface area (Å²) in [5.74, 6) is -0.368. The summed E-state index contributed by atoms with van der Waals surface area (Å²) in [4.78, 5) is 20.5. The van der Waals surface area contributed by atoms with Gasteiger partial charge < -0.3 is 25.7 Å². The fourth-order valence-corrected chi connectivity index (χ4v) is 5.72. The van der Waals surface area contributed by atoms with Crippen LogP contribution in [0, 0.1) is 10.8 Å². The molecule has 2 heterocycles. The molecule has 0 aliphatic carbocycles. The summed E-state index contributed by atoms with van der Waals surface area (Å²) in [5, 5.41) is 27.6. The highest BCUT2D eigenvalue weighted by molar-refractivity contribution is 8.26. The second-order valence-electron chi connectivity index (χ2n) is 9.95. The van der Waals surface area contributed by atoms with Crippen LogP contribution in [0.2, 0.25) is 0 Å². The van der Waals surface area contributed by atoms with Gasteiger partial charge in [0.2, 0.25) is 0 Å². The summed E-state index contributed by atoms with van der Waals surface area (Å²) in [5.41, 5.74) is 15.6. The SMILES string of the molecule is N=C(CCCCC(=N)SC(N)=NC(O)Cc1cccc(-n2cccc2)c1)SC(N)=NC(=O)Cc1cccc(-n2cccc2)c1. The molecule has 1 atom stereocenters. The Labute approximate surface area is 265 Å². The second-order valence-corrected chi connectivity index (χ2v) is 12.2. The lowest BCUT2D eigenvalue weighted by atomic mass is 10.1. The van der Waals surface area contributed by atoms with Crippen LogP contribution >= 0.6 is 23.5 Å². The molecule has 44 heavy (non-hydrogen) atoms. The van der Waals surface area contributed by atoms with Crippen molar-refractivity contribution in [3.05, 3.63) is 109 Å². The molecule has 7 N–H and O–H groups in total. The van der Waals surface area contributed by atoms with Gasteiger partial charge in [0.15, 0.2) is 16.6 Å². The van der Waals surface area contributed by atoms with E-state index in [0.717, 1.165) is 46.0 Å². The summed E-state index contributed by atoms with van der Waals surface area (Å²) in [6, 6.07) is 23.3. The van der Waals surface area contributed by atoms with Crippen molar-refractivity contribution in [1.29, 1.82) is 10.8 Å². The number of aliphatic imine (C=N–C) groups is 2. The van der Waals surface area contributed by atoms with Crippen molar-refractivity contribution in [3.63, 3.8) is 0 Å². The van der Waals surface area contributed by atoms with E-state index in [4.69, 9.17) is 22.3 Å². The molecule has 2 aromatic carbocycles. The number of carbonyl (C=O) groups excluding carboxylic acids is 1. The maximum Gasteiger partial charge on any atom is 0.252 e. The minimum atomic E-state index is -1.01. The standard InChI is InChI=1S/C32H36N8O2S2/c33-27(43-31(35)37-29(41)21-23-9-7-11-25(19-23)39-15-3-4-16-39)13-1-2-14-28(34)44-32(36)38-30(42)22-24-10-8-12-26(20-24)40-17-5-6-18-40/h3-12,15-20,29,33-34,41H,1-2,13-14,21-22H2,(H2,35,37)(H2,36,38,42). The third-order valence-electron chi connectivity index (χ3n) is 6.42. The minimum absolute atomic E-state index is 0.0452. The van der Waals surface area contributed by atoms with E-state index in [1.165, 1.54) is 0 Å². The zero-order chi connectivity index (χ0) is 31.3. The monoisotopic (exact) mass is 628 g/mol. The van der Waals surface area contributed by atoms with Gasteiger partial charge in [-0.2, -0.15) is 4.99 Å². The number of hydrogen-bond acceptors (Lipinski definition) is 7. The van der Waals surface area contributed by atoms with E-state index in [1.807, 2.05) is 107 Å². The van der Waals surface area contributed by atoms with Gasteiger partial charge in [0.25, 0.3) is 5.91 Å². The first-order chi connectivity index (χ1) is 21.2. The molecular formula is C32H36N8O2S2. The van der Waals surface area contributed by atoms with Crippen molar-refractivity contribution < 1.29 is 9.90 Å². The lowest BCUT2D eigenvalue weighted by Gasteiger charge is -2.10. The Morgan fingerprint density at radius 1 is 0.773 bits per heavy atom. The maximum atomic E-state index is 12.4. The smallest absolute Gasteiger partial charge is 0.252 e. The molecule has 4 aromatic rings. The quantitative estimate of drug-likeness (QED) is 0.0786. The van der Waals surface area contributed by atoms with Crippen LogP contribution < -0.4 is 11.5 Å². The molecule has 1 unspecified atom stereocenters. The van der Waals surface area contributed by atoms with Gasteiger partial charge in [-0.25, -0.2) is 4.99 Å². The average Bonchev–Trinajstić information content (AvgIpc) is 3.71. The number of aliphatic hydroxyl groups excluding tert-OH is 1. The predicted octanol–water partition coefficient (Wildman–Crippen LogP) is 5.51. The van der Waals surface area contributed by atoms with E-state index in [0.29, 0.717) is 42.2 Å². The van der Waals surface area contributed by atoms with Crippen molar-refractivity contribution in [2.75, 3.05) is 0 Å². The Hall–Kier alpha value is -4.39. The maximum absolute atomic E-state index is 12.4. The van der Waals surface area contributed by atoms with E-state index in [9.17, 15) is 9.90 Å². The summed E-state index contributed by atoms with van der Waals surface area (Å²) >= 11 is 2.00. The number of thioether (sulfide) groups is 2. The molecule has 0 spiro atoms. The van der Waals surface area contributed by atoms with Crippen LogP contribution in [-0.4, -0.2) is 46.8 Å². The summed E-state index contributed by atoms with van der Waals surface area (Å²) < 4.78 is 3.95. The van der Waals surface area contributed by atoms with Crippen molar-refractivity contribution in [2.45, 2.75) is 44.8 Å². The molecule has 4 rings (SSSR count). The number of aliphatic hydroxyl groups is 1. The van der Waals surface area contributed by atoms with E-state index in [2.05, 4.69) is 9.98 Å². The fourth-order valence-electron chi connectivity index (χ4n) is 4.40. The number of nitrogens with one attached hydrogen (secondary N) is 2. The molecular weight excluding hydrogens is 593 g/mol. The first-order valence-corrected chi connectivity index (χ1v) is 15.7. The summed E-state index contributed by atoms with van der Waals surface area (Å²) in [6.07, 6.45) is 9.46. The highest BCUT2D eigenvalue weighted by atomic mass is 32.2. The Morgan fingerprint density at radius 3 is 1.84 bits per heavy atom. The number of amidine groups is 2. The first-order valence-electron chi connectivity index (χ1n) is 14.1. The van der Waals surface area contributed by atoms with Gasteiger partial charge in [-0.05, 0) is 109 Å². The summed E-state index contributed by atoms with van der Waals surface area (Å²) in [7, 11) is 0. The molecule has 0 aliphatic heterocycles. The molecule has 12 heteroatoms. The molecule has 1 amide bonds. The third-order valence-corrected chi connectivity index (χ3v) is 7.94. The van der Waals surface area contributed by atoms with Crippen molar-refractivity contribution in [2.24, 2.45) is 21.5 Å². The lowest BCUT2D eigenvalue weighted by Crippen LogP contribution is -2.17. The molecule has 0 radical (unpaired) electrons. The van der Waals surface area contributed by atoms with E-state index < -0.39 is 6.23 Å². The number of nitrogens with two attached hydrogens (primary N) is 2. The first kappa shape index (κ1) is 32.5. The Morgan fingerprint density at radius 2 is 1.27 bits per heavy atom. The normalized spacial score (nSPS) is 12.7. The molecule has 2 aromatic heterocycles. The third kappa shape index (κ3) is 10.7. The average molecular weight is 629 g/mol. The Balaban J connectivity index is 1.13. The number of unbranched alkanes of at least 4 members (excludes halogenated alkanes) is 1. The van der Waals surface area contributed by atoms with Crippen LogP contribution in [-0.2, 0) is 17.6 Å². The Bertz CT molecular complexity index is 1610. The van der Waals surface area contributed by atoms with Gasteiger partial charge in [0.1, 0.15) is 0 Å². The molecule has 228 valence electrons. The van der Waals surface area contributed by atoms with Gasteiger partial charge in [-0.1, -0.05) is 24.3 Å². The zero-order valence-electron chi connectivity index (χ0n) is 24.2. The van der Waals surface area contributed by atoms with Crippen LogP contribution in [0.1, 0.15) is 36.8 Å². The highest BCUT2D eigenvalue weighted by Crippen LogP contribution is 2.17. The molecule has 0 saturated carbocycles. The van der Waals surface area contributed by atoms with Crippen LogP contribution in [0.5, 0.6) is 0 Å². The molecule has 0 saturated heterocycles. The van der Waals surface area contributed by atoms with Crippen molar-refractivity contribution >= 4 is 49.9 Å². The number of amides is 1. The van der Waals surface area contributed by atoms with E-state index in [-0.39, 0.29) is 22.7 Å². The fraction of sp³-hybridized carbons (Fsp3) is 0.219. The van der Waals surface area contributed by atoms with Crippen LogP contribution in [0.25, 0.3) is 11.4 Å². The van der Waals surface area contributed by atoms with Gasteiger partial charge in [0.05, 0.1) is 16.5 Å². The molecule has 0 fully saturated rings. The van der Waals surface area contributed by atoms with Gasteiger partial charge in [-0.15, -0.1) is 0 Å². The van der Waals surface area contributed by atoms with Crippen LogP contribution in [0.4, 0.5) is 0 Å². The number of carbonyl (C=O) groups is 1. The topological polar surface area (TPSA) is 172 Å². The van der Waals surface area contributed by atoms with Gasteiger partial charge in [-0.3, -0.25) is 15.6 Å². The predicted molar refractivity (Wildman–Crippen MR) is 182 cm³/mol. The van der Waals surface area contributed by atoms with Crippen molar-refractivity contribution in [1.82, 2.24) is 9.13 Å². The molecule has 0 bridgehead atoms. The van der Waals surface area contributed by atoms with Gasteiger partial charge in [0, 0.05) is 42.6 Å². The second kappa shape index (κ2) is 16.5. The number of rotatable bonds is 12. The number of benzene rings is 2. The highest BCUT2D eigenvalue weighted by Gasteiger charge is 2.10. The van der Waals surface area contributed by atoms with Crippen LogP contribution in [0.3, 0.4) is 0 Å². The molecule has 10 nitrogen and oxygen atoms in total. The lowest BCUT2D eigenvalue weighted by molar-refractivity contribution is -0.117. The van der Waals surface area contributed by atoms with E-state index >= 15 is 0 Å². The summed E-state index contributed by atoms with van der Waals surface area (Å²) in [6.45, 7) is 0. The van der Waals surface area contributed by atoms with Crippen molar-refractivity contribution in [3.8, 4) is 11.4 Å². The zero-order valence-corrected chi connectivity index (χ0v) is 25.8. The Kier molecular flexibility index (Phi) is 12.2. The number of aromatic nitrogens is 2. The molecule has 0 aliphatic rings. The van der Waals surface area contributed by atoms with E-state index in [1.54, 1.807) is 0 Å². The van der Waals surface area contributed by atoms with Gasteiger partial charge >= 0.3 is 0 Å². The number of nitrogens with zero attached hydrogens (tertiary/aromatic N) is 4. The van der Waals surface area contributed by atoms with Crippen LogP contribution in [0.15, 0.2) is 108 Å².